The van der Waals surface area contributed by atoms with Crippen molar-refractivity contribution in [1.82, 2.24) is 4.98 Å². The number of nitrogens with zero attached hydrogens (tertiary/aromatic N) is 2. The Balaban J connectivity index is 1.80. The Morgan fingerprint density at radius 2 is 2.16 bits per heavy atom. The van der Waals surface area contributed by atoms with Gasteiger partial charge in [-0.2, -0.15) is 5.26 Å². The van der Waals surface area contributed by atoms with Crippen molar-refractivity contribution in [2.24, 2.45) is 0 Å². The number of benzene rings is 1. The molecule has 0 unspecified atom stereocenters. The third-order valence-corrected chi connectivity index (χ3v) is 3.42. The topological polar surface area (TPSA) is 61.9 Å². The second kappa shape index (κ2) is 4.77. The van der Waals surface area contributed by atoms with Crippen LogP contribution >= 0.6 is 0 Å². The molecule has 3 rings (SSSR count). The van der Waals surface area contributed by atoms with Gasteiger partial charge in [0.15, 0.2) is 0 Å². The predicted molar refractivity (Wildman–Crippen MR) is 71.9 cm³/mol. The second-order valence-electron chi connectivity index (χ2n) is 4.73. The number of nitrogens with one attached hydrogen (secondary N) is 1. The Labute approximate surface area is 112 Å². The van der Waals surface area contributed by atoms with Gasteiger partial charge in [0.1, 0.15) is 6.07 Å². The van der Waals surface area contributed by atoms with Gasteiger partial charge in [0.2, 0.25) is 17.5 Å². The number of anilines is 1. The number of oxazole rings is 1. The van der Waals surface area contributed by atoms with Gasteiger partial charge in [-0.1, -0.05) is 30.3 Å². The van der Waals surface area contributed by atoms with Crippen LogP contribution in [-0.4, -0.2) is 11.5 Å². The summed E-state index contributed by atoms with van der Waals surface area (Å²) in [5.74, 6) is 1.96. The summed E-state index contributed by atoms with van der Waals surface area (Å²) in [4.78, 5) is 4.29. The Morgan fingerprint density at radius 1 is 1.37 bits per heavy atom. The molecule has 0 bridgehead atoms. The van der Waals surface area contributed by atoms with Crippen molar-refractivity contribution < 1.29 is 4.42 Å². The number of nitriles is 1. The van der Waals surface area contributed by atoms with Crippen LogP contribution in [0.3, 0.4) is 0 Å². The Morgan fingerprint density at radius 3 is 2.84 bits per heavy atom. The van der Waals surface area contributed by atoms with Crippen molar-refractivity contribution in [3.05, 3.63) is 47.5 Å². The molecule has 4 heteroatoms. The molecule has 0 spiro atoms. The van der Waals surface area contributed by atoms with E-state index in [1.165, 1.54) is 5.56 Å². The van der Waals surface area contributed by atoms with E-state index in [0.29, 0.717) is 29.3 Å². The molecule has 1 heterocycles. The van der Waals surface area contributed by atoms with E-state index >= 15 is 0 Å². The van der Waals surface area contributed by atoms with Crippen molar-refractivity contribution >= 4 is 5.88 Å². The largest absolute Gasteiger partial charge is 0.424 e. The van der Waals surface area contributed by atoms with Crippen LogP contribution in [0, 0.1) is 11.3 Å². The van der Waals surface area contributed by atoms with E-state index in [4.69, 9.17) is 9.68 Å². The van der Waals surface area contributed by atoms with Crippen LogP contribution in [0.15, 0.2) is 34.7 Å². The normalized spacial score (nSPS) is 20.8. The van der Waals surface area contributed by atoms with Gasteiger partial charge in [0.25, 0.3) is 0 Å². The van der Waals surface area contributed by atoms with Gasteiger partial charge in [-0.05, 0) is 24.8 Å². The molecule has 1 aromatic carbocycles. The zero-order valence-corrected chi connectivity index (χ0v) is 10.8. The summed E-state index contributed by atoms with van der Waals surface area (Å²) in [5, 5.41) is 12.1. The summed E-state index contributed by atoms with van der Waals surface area (Å²) in [6.07, 6.45) is 1.04. The van der Waals surface area contributed by atoms with Crippen LogP contribution in [0.5, 0.6) is 0 Å². The minimum absolute atomic E-state index is 0.307. The standard InChI is InChI=1S/C15H15N3O/c1-2-17-15-13(9-16)18-14(19-15)12-8-11(12)10-6-4-3-5-7-10/h3-7,11-12,17H,2,8H2,1H3/t11-,12+/m0/s1. The fourth-order valence-corrected chi connectivity index (χ4v) is 2.39. The van der Waals surface area contributed by atoms with Gasteiger partial charge in [0.05, 0.1) is 0 Å². The highest BCUT2D eigenvalue weighted by molar-refractivity contribution is 5.46. The first-order valence-electron chi connectivity index (χ1n) is 6.53. The van der Waals surface area contributed by atoms with E-state index in [9.17, 15) is 0 Å². The van der Waals surface area contributed by atoms with Crippen LogP contribution in [0.4, 0.5) is 5.88 Å². The molecule has 1 fully saturated rings. The lowest BCUT2D eigenvalue weighted by molar-refractivity contribution is 0.506. The molecular formula is C15H15N3O. The quantitative estimate of drug-likeness (QED) is 0.908. The molecule has 96 valence electrons. The third-order valence-electron chi connectivity index (χ3n) is 3.42. The lowest BCUT2D eigenvalue weighted by Crippen LogP contribution is -1.96. The highest BCUT2D eigenvalue weighted by Crippen LogP contribution is 2.54. The fraction of sp³-hybridized carbons (Fsp3) is 0.333. The van der Waals surface area contributed by atoms with E-state index in [0.717, 1.165) is 13.0 Å². The maximum atomic E-state index is 9.03. The predicted octanol–water partition coefficient (Wildman–Crippen LogP) is 3.25. The fourth-order valence-electron chi connectivity index (χ4n) is 2.39. The van der Waals surface area contributed by atoms with Crippen molar-refractivity contribution in [1.29, 1.82) is 5.26 Å². The molecule has 1 N–H and O–H groups in total. The second-order valence-corrected chi connectivity index (χ2v) is 4.73. The summed E-state index contributed by atoms with van der Waals surface area (Å²) in [6.45, 7) is 2.68. The summed E-state index contributed by atoms with van der Waals surface area (Å²) in [7, 11) is 0. The van der Waals surface area contributed by atoms with Crippen molar-refractivity contribution in [3.8, 4) is 6.07 Å². The molecule has 1 aliphatic carbocycles. The van der Waals surface area contributed by atoms with E-state index in [1.54, 1.807) is 0 Å². The maximum absolute atomic E-state index is 9.03. The van der Waals surface area contributed by atoms with Crippen LogP contribution in [0.1, 0.15) is 42.3 Å². The van der Waals surface area contributed by atoms with Crippen LogP contribution in [0.2, 0.25) is 0 Å². The number of aromatic nitrogens is 1. The lowest BCUT2D eigenvalue weighted by atomic mass is 10.1. The molecule has 1 aromatic heterocycles. The molecule has 0 radical (unpaired) electrons. The Bertz CT molecular complexity index is 612. The van der Waals surface area contributed by atoms with E-state index < -0.39 is 0 Å². The first-order chi connectivity index (χ1) is 9.33. The van der Waals surface area contributed by atoms with E-state index in [1.807, 2.05) is 25.1 Å². The van der Waals surface area contributed by atoms with Gasteiger partial charge in [-0.15, -0.1) is 0 Å². The van der Waals surface area contributed by atoms with Gasteiger partial charge in [-0.3, -0.25) is 0 Å². The van der Waals surface area contributed by atoms with E-state index in [2.05, 4.69) is 28.5 Å². The molecule has 4 nitrogen and oxygen atoms in total. The molecular weight excluding hydrogens is 238 g/mol. The van der Waals surface area contributed by atoms with Crippen LogP contribution < -0.4 is 5.32 Å². The van der Waals surface area contributed by atoms with Crippen molar-refractivity contribution in [2.45, 2.75) is 25.2 Å². The average Bonchev–Trinajstić information content (AvgIpc) is 3.15. The first kappa shape index (κ1) is 11.8. The number of rotatable bonds is 4. The van der Waals surface area contributed by atoms with Gasteiger partial charge in [-0.25, -0.2) is 4.98 Å². The molecule has 0 amide bonds. The Hall–Kier alpha value is -2.28. The molecule has 0 saturated heterocycles. The molecule has 1 aliphatic rings. The molecule has 2 aromatic rings. The highest BCUT2D eigenvalue weighted by Gasteiger charge is 2.43. The Kier molecular flexibility index (Phi) is 2.96. The maximum Gasteiger partial charge on any atom is 0.232 e. The molecule has 19 heavy (non-hydrogen) atoms. The number of hydrogen-bond acceptors (Lipinski definition) is 4. The van der Waals surface area contributed by atoms with Crippen molar-refractivity contribution in [3.63, 3.8) is 0 Å². The summed E-state index contributed by atoms with van der Waals surface area (Å²) < 4.78 is 5.68. The molecule has 2 atom stereocenters. The minimum atomic E-state index is 0.307. The third kappa shape index (κ3) is 2.19. The summed E-state index contributed by atoms with van der Waals surface area (Å²) in [5.41, 5.74) is 1.67. The van der Waals surface area contributed by atoms with Crippen molar-refractivity contribution in [2.75, 3.05) is 11.9 Å². The zero-order valence-electron chi connectivity index (χ0n) is 10.8. The van der Waals surface area contributed by atoms with Gasteiger partial charge >= 0.3 is 0 Å². The number of hydrogen-bond donors (Lipinski definition) is 1. The highest BCUT2D eigenvalue weighted by atomic mass is 16.4. The molecule has 0 aliphatic heterocycles. The smallest absolute Gasteiger partial charge is 0.232 e. The summed E-state index contributed by atoms with van der Waals surface area (Å²) in [6, 6.07) is 12.4. The monoisotopic (exact) mass is 253 g/mol. The van der Waals surface area contributed by atoms with Gasteiger partial charge < -0.3 is 9.73 Å². The average molecular weight is 253 g/mol. The SMILES string of the molecule is CCNc1oc([C@@H]2C[C@H]2c2ccccc2)nc1C#N. The van der Waals surface area contributed by atoms with Crippen LogP contribution in [-0.2, 0) is 0 Å². The summed E-state index contributed by atoms with van der Waals surface area (Å²) >= 11 is 0. The van der Waals surface area contributed by atoms with Gasteiger partial charge in [0, 0.05) is 12.5 Å². The molecule has 1 saturated carbocycles. The van der Waals surface area contributed by atoms with Crippen LogP contribution in [0.25, 0.3) is 0 Å². The lowest BCUT2D eigenvalue weighted by Gasteiger charge is -1.97. The first-order valence-corrected chi connectivity index (χ1v) is 6.53. The van der Waals surface area contributed by atoms with E-state index in [-0.39, 0.29) is 0 Å². The zero-order chi connectivity index (χ0) is 13.2. The minimum Gasteiger partial charge on any atom is -0.424 e.